The first-order valence-electron chi connectivity index (χ1n) is 10.2. The molecule has 1 aromatic carbocycles. The number of thiocarbonyl (C=S) groups is 1. The quantitative estimate of drug-likeness (QED) is 0.795. The number of halogens is 1. The largest absolute Gasteiger partial charge is 0.368 e. The molecule has 5 aliphatic rings. The molecule has 1 N–H and O–H groups in total. The highest BCUT2D eigenvalue weighted by atomic mass is 32.1. The monoisotopic (exact) mass is 373 g/mol. The summed E-state index contributed by atoms with van der Waals surface area (Å²) in [6, 6.07) is 6.83. The van der Waals surface area contributed by atoms with E-state index < -0.39 is 0 Å². The molecule has 26 heavy (non-hydrogen) atoms. The molecular formula is C21H28FN3S. The van der Waals surface area contributed by atoms with E-state index in [4.69, 9.17) is 12.2 Å². The Labute approximate surface area is 160 Å². The Morgan fingerprint density at radius 2 is 1.46 bits per heavy atom. The summed E-state index contributed by atoms with van der Waals surface area (Å²) in [4.78, 5) is 4.66. The number of nitrogens with one attached hydrogen (secondary N) is 1. The first kappa shape index (κ1) is 16.8. The molecule has 1 saturated heterocycles. The second-order valence-electron chi connectivity index (χ2n) is 9.08. The van der Waals surface area contributed by atoms with E-state index in [2.05, 4.69) is 15.1 Å². The summed E-state index contributed by atoms with van der Waals surface area (Å²) >= 11 is 5.83. The molecule has 1 aliphatic heterocycles. The molecule has 6 rings (SSSR count). The van der Waals surface area contributed by atoms with Gasteiger partial charge in [0, 0.05) is 37.4 Å². The molecule has 4 bridgehead atoms. The van der Waals surface area contributed by atoms with Gasteiger partial charge >= 0.3 is 0 Å². The van der Waals surface area contributed by atoms with E-state index in [1.807, 2.05) is 12.1 Å². The Bertz CT molecular complexity index is 646. The van der Waals surface area contributed by atoms with E-state index in [1.165, 1.54) is 38.5 Å². The minimum Gasteiger partial charge on any atom is -0.368 e. The number of anilines is 1. The Morgan fingerprint density at radius 1 is 0.923 bits per heavy atom. The van der Waals surface area contributed by atoms with Crippen molar-refractivity contribution in [3.63, 3.8) is 0 Å². The maximum Gasteiger partial charge on any atom is 0.169 e. The molecule has 0 unspecified atom stereocenters. The number of hydrogen-bond acceptors (Lipinski definition) is 2. The van der Waals surface area contributed by atoms with Crippen molar-refractivity contribution < 1.29 is 4.39 Å². The number of rotatable bonds is 2. The molecule has 0 radical (unpaired) electrons. The highest BCUT2D eigenvalue weighted by Crippen LogP contribution is 2.55. The molecule has 5 heteroatoms. The van der Waals surface area contributed by atoms with Gasteiger partial charge in [0.2, 0.25) is 0 Å². The van der Waals surface area contributed by atoms with Crippen LogP contribution in [0.1, 0.15) is 38.5 Å². The lowest BCUT2D eigenvalue weighted by Gasteiger charge is -2.57. The van der Waals surface area contributed by atoms with Crippen molar-refractivity contribution in [1.82, 2.24) is 10.2 Å². The Kier molecular flexibility index (Phi) is 4.11. The molecule has 4 saturated carbocycles. The van der Waals surface area contributed by atoms with E-state index in [1.54, 1.807) is 12.1 Å². The minimum atomic E-state index is -0.173. The fourth-order valence-electron chi connectivity index (χ4n) is 6.39. The van der Waals surface area contributed by atoms with Gasteiger partial charge in [-0.2, -0.15) is 0 Å². The third-order valence-electron chi connectivity index (χ3n) is 7.17. The summed E-state index contributed by atoms with van der Waals surface area (Å²) in [5, 5.41) is 4.81. The fraction of sp³-hybridized carbons (Fsp3) is 0.667. The van der Waals surface area contributed by atoms with Crippen LogP contribution in [0.15, 0.2) is 24.3 Å². The van der Waals surface area contributed by atoms with Crippen molar-refractivity contribution in [2.24, 2.45) is 17.8 Å². The summed E-state index contributed by atoms with van der Waals surface area (Å²) in [5.41, 5.74) is 1.39. The average molecular weight is 374 g/mol. The van der Waals surface area contributed by atoms with Gasteiger partial charge in [-0.05, 0) is 92.8 Å². The molecule has 5 fully saturated rings. The van der Waals surface area contributed by atoms with Gasteiger partial charge in [0.05, 0.1) is 0 Å². The second kappa shape index (κ2) is 6.36. The minimum absolute atomic E-state index is 0.173. The van der Waals surface area contributed by atoms with Crippen LogP contribution < -0.4 is 10.2 Å². The number of hydrogen-bond donors (Lipinski definition) is 1. The Balaban J connectivity index is 1.19. The van der Waals surface area contributed by atoms with Gasteiger partial charge in [0.15, 0.2) is 5.11 Å². The lowest BCUT2D eigenvalue weighted by molar-refractivity contribution is -0.0112. The van der Waals surface area contributed by atoms with Crippen molar-refractivity contribution in [1.29, 1.82) is 0 Å². The van der Waals surface area contributed by atoms with Gasteiger partial charge in [-0.15, -0.1) is 0 Å². The van der Waals surface area contributed by atoms with Gasteiger partial charge in [0.25, 0.3) is 0 Å². The van der Waals surface area contributed by atoms with Gasteiger partial charge in [-0.3, -0.25) is 0 Å². The fourth-order valence-corrected chi connectivity index (χ4v) is 6.79. The van der Waals surface area contributed by atoms with Crippen LogP contribution in [0.3, 0.4) is 0 Å². The first-order valence-corrected chi connectivity index (χ1v) is 10.6. The van der Waals surface area contributed by atoms with Crippen LogP contribution in [-0.4, -0.2) is 41.7 Å². The predicted molar refractivity (Wildman–Crippen MR) is 107 cm³/mol. The number of piperazine rings is 1. The molecule has 4 aliphatic carbocycles. The topological polar surface area (TPSA) is 18.5 Å². The molecule has 0 atom stereocenters. The smallest absolute Gasteiger partial charge is 0.169 e. The zero-order chi connectivity index (χ0) is 17.7. The van der Waals surface area contributed by atoms with E-state index in [0.717, 1.165) is 54.7 Å². The second-order valence-corrected chi connectivity index (χ2v) is 9.47. The van der Waals surface area contributed by atoms with E-state index in [9.17, 15) is 4.39 Å². The van der Waals surface area contributed by atoms with Crippen molar-refractivity contribution >= 4 is 23.0 Å². The van der Waals surface area contributed by atoms with E-state index in [-0.39, 0.29) is 5.82 Å². The zero-order valence-corrected chi connectivity index (χ0v) is 16.1. The third kappa shape index (κ3) is 3.08. The molecule has 140 valence electrons. The lowest BCUT2D eigenvalue weighted by atomic mass is 9.53. The van der Waals surface area contributed by atoms with Crippen LogP contribution in [0.5, 0.6) is 0 Å². The molecular weight excluding hydrogens is 345 g/mol. The van der Waals surface area contributed by atoms with Crippen LogP contribution in [0.2, 0.25) is 0 Å². The maximum atomic E-state index is 13.1. The molecule has 0 aromatic heterocycles. The Hall–Kier alpha value is -1.36. The van der Waals surface area contributed by atoms with Crippen molar-refractivity contribution in [2.45, 2.75) is 44.1 Å². The van der Waals surface area contributed by atoms with Gasteiger partial charge in [0.1, 0.15) is 5.82 Å². The summed E-state index contributed by atoms with van der Waals surface area (Å²) in [6.07, 6.45) is 8.37. The van der Waals surface area contributed by atoms with Crippen molar-refractivity contribution in [3.05, 3.63) is 30.1 Å². The SMILES string of the molecule is Fc1ccc(N2CCN(C(=S)NC34CC5CC(CC(C5)C3)C4)CC2)cc1. The number of benzene rings is 1. The summed E-state index contributed by atoms with van der Waals surface area (Å²) in [7, 11) is 0. The average Bonchev–Trinajstić information content (AvgIpc) is 2.61. The van der Waals surface area contributed by atoms with Crippen LogP contribution in [-0.2, 0) is 0 Å². The maximum absolute atomic E-state index is 13.1. The Morgan fingerprint density at radius 3 is 2.00 bits per heavy atom. The van der Waals surface area contributed by atoms with Crippen molar-refractivity contribution in [2.75, 3.05) is 31.1 Å². The lowest BCUT2D eigenvalue weighted by Crippen LogP contribution is -2.63. The van der Waals surface area contributed by atoms with Crippen molar-refractivity contribution in [3.8, 4) is 0 Å². The van der Waals surface area contributed by atoms with Crippen LogP contribution in [0.25, 0.3) is 0 Å². The summed E-state index contributed by atoms with van der Waals surface area (Å²) in [6.45, 7) is 3.76. The molecule has 1 aromatic rings. The standard InChI is InChI=1S/C21H28FN3S/c22-18-1-3-19(4-2-18)24-5-7-25(8-6-24)20(26)23-21-12-15-9-16(13-21)11-17(10-15)14-21/h1-4,15-17H,5-14H2,(H,23,26). The van der Waals surface area contributed by atoms with Crippen LogP contribution in [0, 0.1) is 23.6 Å². The molecule has 0 amide bonds. The summed E-state index contributed by atoms with van der Waals surface area (Å²) in [5.74, 6) is 2.64. The third-order valence-corrected chi connectivity index (χ3v) is 7.53. The van der Waals surface area contributed by atoms with Gasteiger partial charge in [-0.1, -0.05) is 0 Å². The highest BCUT2D eigenvalue weighted by Gasteiger charge is 2.51. The van der Waals surface area contributed by atoms with Crippen LogP contribution in [0.4, 0.5) is 10.1 Å². The zero-order valence-electron chi connectivity index (χ0n) is 15.3. The number of nitrogens with zero attached hydrogens (tertiary/aromatic N) is 2. The predicted octanol–water partition coefficient (Wildman–Crippen LogP) is 3.79. The summed E-state index contributed by atoms with van der Waals surface area (Å²) < 4.78 is 13.1. The van der Waals surface area contributed by atoms with Gasteiger partial charge in [-0.25, -0.2) is 4.39 Å². The van der Waals surface area contributed by atoms with E-state index in [0.29, 0.717) is 5.54 Å². The van der Waals surface area contributed by atoms with Crippen LogP contribution >= 0.6 is 12.2 Å². The van der Waals surface area contributed by atoms with E-state index >= 15 is 0 Å². The molecule has 0 spiro atoms. The first-order chi connectivity index (χ1) is 12.6. The highest BCUT2D eigenvalue weighted by molar-refractivity contribution is 7.80. The molecule has 3 nitrogen and oxygen atoms in total. The normalized spacial score (nSPS) is 35.7. The molecule has 1 heterocycles. The van der Waals surface area contributed by atoms with Gasteiger partial charge < -0.3 is 15.1 Å².